The Morgan fingerprint density at radius 1 is 1.19 bits per heavy atom. The molecule has 1 aromatic rings. The molecule has 6 heteroatoms. The van der Waals surface area contributed by atoms with Gasteiger partial charge in [-0.3, -0.25) is 4.79 Å². The first kappa shape index (κ1) is 17.1. The molecule has 1 aromatic carbocycles. The zero-order valence-electron chi connectivity index (χ0n) is 13.1. The molecule has 0 aromatic heterocycles. The van der Waals surface area contributed by atoms with Crippen molar-refractivity contribution in [1.82, 2.24) is 5.32 Å². The number of amides is 1. The largest absolute Gasteiger partial charge is 0.493 e. The van der Waals surface area contributed by atoms with Gasteiger partial charge in [0.05, 0.1) is 21.3 Å². The quantitative estimate of drug-likeness (QED) is 0.756. The summed E-state index contributed by atoms with van der Waals surface area (Å²) in [6.45, 7) is 2.67. The van der Waals surface area contributed by atoms with Crippen LogP contribution in [0.3, 0.4) is 0 Å². The topological polar surface area (TPSA) is 82.8 Å². The predicted molar refractivity (Wildman–Crippen MR) is 80.8 cm³/mol. The van der Waals surface area contributed by atoms with Crippen molar-refractivity contribution in [3.05, 3.63) is 17.7 Å². The molecule has 0 aliphatic carbocycles. The van der Waals surface area contributed by atoms with Crippen LogP contribution >= 0.6 is 0 Å². The Morgan fingerprint density at radius 2 is 1.76 bits per heavy atom. The molecule has 0 aliphatic rings. The zero-order chi connectivity index (χ0) is 15.8. The first-order chi connectivity index (χ1) is 10.1. The fourth-order valence-corrected chi connectivity index (χ4v) is 2.03. The van der Waals surface area contributed by atoms with Crippen LogP contribution < -0.4 is 25.3 Å². The number of carbonyl (C=O) groups is 1. The predicted octanol–water partition coefficient (Wildman–Crippen LogP) is 1.31. The lowest BCUT2D eigenvalue weighted by Crippen LogP contribution is -2.34. The Kier molecular flexibility index (Phi) is 6.81. The summed E-state index contributed by atoms with van der Waals surface area (Å²) in [5.41, 5.74) is 6.43. The molecule has 0 spiro atoms. The highest BCUT2D eigenvalue weighted by molar-refractivity contribution is 5.78. The number of nitrogens with one attached hydrogen (secondary N) is 1. The molecular formula is C15H24N2O4. The average Bonchev–Trinajstić information content (AvgIpc) is 2.52. The van der Waals surface area contributed by atoms with Crippen LogP contribution in [0, 0.1) is 5.92 Å². The SMILES string of the molecule is CCC(CN)C(=O)NCc1cc(OC)c(OC)c(OC)c1. The van der Waals surface area contributed by atoms with Crippen LogP contribution in [0.4, 0.5) is 0 Å². The van der Waals surface area contributed by atoms with E-state index in [0.717, 1.165) is 12.0 Å². The molecule has 3 N–H and O–H groups in total. The molecule has 0 saturated heterocycles. The maximum absolute atomic E-state index is 11.9. The number of ether oxygens (including phenoxy) is 3. The molecule has 0 bridgehead atoms. The third-order valence-corrected chi connectivity index (χ3v) is 3.34. The van der Waals surface area contributed by atoms with Crippen molar-refractivity contribution in [1.29, 1.82) is 0 Å². The minimum absolute atomic E-state index is 0.0475. The molecule has 0 saturated carbocycles. The number of nitrogens with two attached hydrogens (primary N) is 1. The van der Waals surface area contributed by atoms with Crippen molar-refractivity contribution in [3.63, 3.8) is 0 Å². The maximum atomic E-state index is 11.9. The molecule has 1 amide bonds. The zero-order valence-corrected chi connectivity index (χ0v) is 13.1. The summed E-state index contributed by atoms with van der Waals surface area (Å²) < 4.78 is 15.8. The highest BCUT2D eigenvalue weighted by atomic mass is 16.5. The van der Waals surface area contributed by atoms with Crippen LogP contribution in [-0.4, -0.2) is 33.8 Å². The second-order valence-electron chi connectivity index (χ2n) is 4.59. The summed E-state index contributed by atoms with van der Waals surface area (Å²) in [5, 5.41) is 2.87. The Hall–Kier alpha value is -1.95. The van der Waals surface area contributed by atoms with Crippen LogP contribution in [0.1, 0.15) is 18.9 Å². The summed E-state index contributed by atoms with van der Waals surface area (Å²) in [6.07, 6.45) is 0.720. The molecule has 6 nitrogen and oxygen atoms in total. The summed E-state index contributed by atoms with van der Waals surface area (Å²) >= 11 is 0. The number of rotatable bonds is 8. The number of hydrogen-bond acceptors (Lipinski definition) is 5. The van der Waals surface area contributed by atoms with Gasteiger partial charge >= 0.3 is 0 Å². The number of hydrogen-bond donors (Lipinski definition) is 2. The number of benzene rings is 1. The monoisotopic (exact) mass is 296 g/mol. The van der Waals surface area contributed by atoms with Gasteiger partial charge in [-0.1, -0.05) is 6.92 Å². The smallest absolute Gasteiger partial charge is 0.224 e. The van der Waals surface area contributed by atoms with Crippen LogP contribution in [0.5, 0.6) is 17.2 Å². The van der Waals surface area contributed by atoms with E-state index in [1.54, 1.807) is 21.3 Å². The third-order valence-electron chi connectivity index (χ3n) is 3.34. The van der Waals surface area contributed by atoms with Crippen molar-refractivity contribution < 1.29 is 19.0 Å². The molecule has 0 fully saturated rings. The van der Waals surface area contributed by atoms with Gasteiger partial charge in [0.25, 0.3) is 0 Å². The molecule has 0 radical (unpaired) electrons. The highest BCUT2D eigenvalue weighted by Crippen LogP contribution is 2.38. The van der Waals surface area contributed by atoms with Crippen LogP contribution in [0.15, 0.2) is 12.1 Å². The second-order valence-corrected chi connectivity index (χ2v) is 4.59. The molecule has 0 heterocycles. The van der Waals surface area contributed by atoms with Crippen LogP contribution in [0.25, 0.3) is 0 Å². The van der Waals surface area contributed by atoms with Gasteiger partial charge in [-0.15, -0.1) is 0 Å². The lowest BCUT2D eigenvalue weighted by atomic mass is 10.1. The van der Waals surface area contributed by atoms with Gasteiger partial charge < -0.3 is 25.3 Å². The van der Waals surface area contributed by atoms with E-state index >= 15 is 0 Å². The number of methoxy groups -OCH3 is 3. The first-order valence-corrected chi connectivity index (χ1v) is 6.87. The Bertz CT molecular complexity index is 448. The van der Waals surface area contributed by atoms with Gasteiger partial charge in [0.15, 0.2) is 11.5 Å². The molecule has 21 heavy (non-hydrogen) atoms. The molecule has 1 rings (SSSR count). The van der Waals surface area contributed by atoms with Crippen molar-refractivity contribution in [2.75, 3.05) is 27.9 Å². The van der Waals surface area contributed by atoms with Crippen molar-refractivity contribution >= 4 is 5.91 Å². The fourth-order valence-electron chi connectivity index (χ4n) is 2.03. The average molecular weight is 296 g/mol. The van der Waals surface area contributed by atoms with Gasteiger partial charge in [-0.25, -0.2) is 0 Å². The van der Waals surface area contributed by atoms with Gasteiger partial charge in [-0.05, 0) is 24.1 Å². The molecule has 1 atom stereocenters. The highest BCUT2D eigenvalue weighted by Gasteiger charge is 2.16. The number of carbonyl (C=O) groups excluding carboxylic acids is 1. The summed E-state index contributed by atoms with van der Waals surface area (Å²) in [6, 6.07) is 3.62. The minimum Gasteiger partial charge on any atom is -0.493 e. The van der Waals surface area contributed by atoms with Gasteiger partial charge in [0, 0.05) is 19.0 Å². The van der Waals surface area contributed by atoms with Crippen LogP contribution in [0.2, 0.25) is 0 Å². The van der Waals surface area contributed by atoms with Gasteiger partial charge in [-0.2, -0.15) is 0 Å². The Balaban J connectivity index is 2.87. The fraction of sp³-hybridized carbons (Fsp3) is 0.533. The van der Waals surface area contributed by atoms with Gasteiger partial charge in [0.2, 0.25) is 11.7 Å². The van der Waals surface area contributed by atoms with E-state index in [-0.39, 0.29) is 11.8 Å². The van der Waals surface area contributed by atoms with Crippen LogP contribution in [-0.2, 0) is 11.3 Å². The van der Waals surface area contributed by atoms with E-state index in [1.165, 1.54) is 0 Å². The van der Waals surface area contributed by atoms with E-state index in [4.69, 9.17) is 19.9 Å². The van der Waals surface area contributed by atoms with Gasteiger partial charge in [0.1, 0.15) is 0 Å². The van der Waals surface area contributed by atoms with E-state index in [0.29, 0.717) is 30.3 Å². The molecule has 0 aliphatic heterocycles. The lowest BCUT2D eigenvalue weighted by molar-refractivity contribution is -0.124. The molecule has 1 unspecified atom stereocenters. The van der Waals surface area contributed by atoms with E-state index < -0.39 is 0 Å². The van der Waals surface area contributed by atoms with E-state index in [1.807, 2.05) is 19.1 Å². The second kappa shape index (κ2) is 8.36. The molecule has 118 valence electrons. The lowest BCUT2D eigenvalue weighted by Gasteiger charge is -2.16. The Morgan fingerprint density at radius 3 is 2.14 bits per heavy atom. The maximum Gasteiger partial charge on any atom is 0.224 e. The molecular weight excluding hydrogens is 272 g/mol. The van der Waals surface area contributed by atoms with Crippen molar-refractivity contribution in [2.45, 2.75) is 19.9 Å². The summed E-state index contributed by atoms with van der Waals surface area (Å²) in [5.74, 6) is 1.45. The third kappa shape index (κ3) is 4.26. The van der Waals surface area contributed by atoms with E-state index in [9.17, 15) is 4.79 Å². The standard InChI is InChI=1S/C15H24N2O4/c1-5-11(8-16)15(18)17-9-10-6-12(19-2)14(21-4)13(7-10)20-3/h6-7,11H,5,8-9,16H2,1-4H3,(H,17,18). The summed E-state index contributed by atoms with van der Waals surface area (Å²) in [4.78, 5) is 11.9. The Labute approximate surface area is 125 Å². The normalized spacial score (nSPS) is 11.7. The van der Waals surface area contributed by atoms with Crippen molar-refractivity contribution in [3.8, 4) is 17.2 Å². The van der Waals surface area contributed by atoms with E-state index in [2.05, 4.69) is 5.32 Å². The minimum atomic E-state index is -0.160. The first-order valence-electron chi connectivity index (χ1n) is 6.87. The van der Waals surface area contributed by atoms with Crippen molar-refractivity contribution in [2.24, 2.45) is 11.7 Å². The summed E-state index contributed by atoms with van der Waals surface area (Å²) in [7, 11) is 4.66.